The predicted molar refractivity (Wildman–Crippen MR) is 111 cm³/mol. The second kappa shape index (κ2) is 9.45. The zero-order valence-corrected chi connectivity index (χ0v) is 17.0. The molecule has 0 atom stereocenters. The minimum atomic E-state index is -0.0804. The monoisotopic (exact) mass is 407 g/mol. The van der Waals surface area contributed by atoms with Gasteiger partial charge in [0.2, 0.25) is 0 Å². The Kier molecular flexibility index (Phi) is 6.29. The van der Waals surface area contributed by atoms with E-state index >= 15 is 0 Å². The fourth-order valence-electron chi connectivity index (χ4n) is 3.38. The maximum Gasteiger partial charge on any atom is 0.289 e. The van der Waals surface area contributed by atoms with Crippen LogP contribution in [-0.4, -0.2) is 54.0 Å². The van der Waals surface area contributed by atoms with Gasteiger partial charge in [0.1, 0.15) is 23.9 Å². The normalized spacial score (nSPS) is 14.5. The van der Waals surface area contributed by atoms with E-state index in [4.69, 9.17) is 13.9 Å². The van der Waals surface area contributed by atoms with Crippen molar-refractivity contribution in [3.8, 4) is 11.5 Å². The number of furan rings is 1. The number of aromatic nitrogens is 1. The summed E-state index contributed by atoms with van der Waals surface area (Å²) in [5.74, 6) is 2.37. The Labute approximate surface area is 175 Å². The van der Waals surface area contributed by atoms with Crippen LogP contribution in [0.2, 0.25) is 0 Å². The number of hydrogen-bond acceptors (Lipinski definition) is 6. The van der Waals surface area contributed by atoms with Crippen LogP contribution < -0.4 is 9.47 Å². The summed E-state index contributed by atoms with van der Waals surface area (Å²) in [5, 5.41) is 0. The van der Waals surface area contributed by atoms with Crippen LogP contribution in [0.3, 0.4) is 0 Å². The summed E-state index contributed by atoms with van der Waals surface area (Å²) in [6.07, 6.45) is 1.81. The third-order valence-electron chi connectivity index (χ3n) is 5.08. The summed E-state index contributed by atoms with van der Waals surface area (Å²) in [5.41, 5.74) is 1.05. The van der Waals surface area contributed by atoms with Gasteiger partial charge in [-0.1, -0.05) is 6.07 Å². The first kappa shape index (κ1) is 20.0. The SMILES string of the molecule is COc1ccc(OCc2ccc(C(=O)N3CCN(Cc4ccccn4)CC3)o2)cc1. The molecule has 7 heteroatoms. The Balaban J connectivity index is 1.26. The first-order chi connectivity index (χ1) is 14.7. The van der Waals surface area contributed by atoms with Crippen molar-refractivity contribution in [2.75, 3.05) is 33.3 Å². The molecule has 7 nitrogen and oxygen atoms in total. The maximum atomic E-state index is 12.8. The third kappa shape index (κ3) is 4.99. The van der Waals surface area contributed by atoms with E-state index in [-0.39, 0.29) is 12.5 Å². The fraction of sp³-hybridized carbons (Fsp3) is 0.304. The van der Waals surface area contributed by atoms with E-state index in [1.165, 1.54) is 0 Å². The lowest BCUT2D eigenvalue weighted by atomic mass is 10.2. The lowest BCUT2D eigenvalue weighted by Gasteiger charge is -2.34. The number of ether oxygens (including phenoxy) is 2. The molecule has 2 aromatic heterocycles. The Morgan fingerprint density at radius 1 is 1.00 bits per heavy atom. The molecule has 0 saturated carbocycles. The number of nitrogens with zero attached hydrogens (tertiary/aromatic N) is 3. The van der Waals surface area contributed by atoms with Crippen molar-refractivity contribution in [1.29, 1.82) is 0 Å². The average Bonchev–Trinajstić information content (AvgIpc) is 3.28. The van der Waals surface area contributed by atoms with Gasteiger partial charge in [0.05, 0.1) is 12.8 Å². The van der Waals surface area contributed by atoms with Crippen molar-refractivity contribution in [3.63, 3.8) is 0 Å². The Morgan fingerprint density at radius 3 is 2.47 bits per heavy atom. The molecule has 0 aliphatic carbocycles. The number of benzene rings is 1. The molecule has 0 N–H and O–H groups in total. The summed E-state index contributed by atoms with van der Waals surface area (Å²) in [7, 11) is 1.62. The van der Waals surface area contributed by atoms with Crippen molar-refractivity contribution in [2.24, 2.45) is 0 Å². The van der Waals surface area contributed by atoms with Crippen LogP contribution in [0.15, 0.2) is 65.2 Å². The van der Waals surface area contributed by atoms with Gasteiger partial charge in [-0.3, -0.25) is 14.7 Å². The molecule has 1 saturated heterocycles. The van der Waals surface area contributed by atoms with E-state index in [9.17, 15) is 4.79 Å². The molecule has 156 valence electrons. The van der Waals surface area contributed by atoms with Crippen LogP contribution in [-0.2, 0) is 13.2 Å². The summed E-state index contributed by atoms with van der Waals surface area (Å²) in [6, 6.07) is 16.8. The predicted octanol–water partition coefficient (Wildman–Crippen LogP) is 3.22. The number of amides is 1. The number of carbonyl (C=O) groups excluding carboxylic acids is 1. The highest BCUT2D eigenvalue weighted by atomic mass is 16.5. The fourth-order valence-corrected chi connectivity index (χ4v) is 3.38. The molecule has 1 aliphatic rings. The van der Waals surface area contributed by atoms with Gasteiger partial charge in [-0.15, -0.1) is 0 Å². The summed E-state index contributed by atoms with van der Waals surface area (Å²) in [4.78, 5) is 21.3. The highest BCUT2D eigenvalue weighted by molar-refractivity contribution is 5.91. The number of carbonyl (C=O) groups is 1. The molecule has 0 spiro atoms. The second-order valence-corrected chi connectivity index (χ2v) is 7.12. The molecule has 3 aromatic rings. The number of methoxy groups -OCH3 is 1. The average molecular weight is 407 g/mol. The Bertz CT molecular complexity index is 948. The largest absolute Gasteiger partial charge is 0.497 e. The molecule has 1 fully saturated rings. The van der Waals surface area contributed by atoms with E-state index in [2.05, 4.69) is 9.88 Å². The molecular formula is C23H25N3O4. The van der Waals surface area contributed by atoms with Crippen LogP contribution in [0.4, 0.5) is 0 Å². The van der Waals surface area contributed by atoms with E-state index in [1.807, 2.05) is 53.6 Å². The van der Waals surface area contributed by atoms with Gasteiger partial charge in [-0.25, -0.2) is 0 Å². The highest BCUT2D eigenvalue weighted by Gasteiger charge is 2.24. The van der Waals surface area contributed by atoms with Gasteiger partial charge in [-0.2, -0.15) is 0 Å². The summed E-state index contributed by atoms with van der Waals surface area (Å²) in [6.45, 7) is 4.04. The van der Waals surface area contributed by atoms with Crippen LogP contribution in [0.25, 0.3) is 0 Å². The van der Waals surface area contributed by atoms with Gasteiger partial charge in [0.25, 0.3) is 5.91 Å². The van der Waals surface area contributed by atoms with E-state index in [1.54, 1.807) is 19.2 Å². The lowest BCUT2D eigenvalue weighted by Crippen LogP contribution is -2.48. The highest BCUT2D eigenvalue weighted by Crippen LogP contribution is 2.19. The smallest absolute Gasteiger partial charge is 0.289 e. The molecule has 4 rings (SSSR count). The molecule has 0 radical (unpaired) electrons. The van der Waals surface area contributed by atoms with Gasteiger partial charge in [0.15, 0.2) is 5.76 Å². The third-order valence-corrected chi connectivity index (χ3v) is 5.08. The van der Waals surface area contributed by atoms with Gasteiger partial charge < -0.3 is 18.8 Å². The molecule has 0 unspecified atom stereocenters. The first-order valence-electron chi connectivity index (χ1n) is 9.98. The molecular weight excluding hydrogens is 382 g/mol. The second-order valence-electron chi connectivity index (χ2n) is 7.12. The van der Waals surface area contributed by atoms with Gasteiger partial charge >= 0.3 is 0 Å². The lowest BCUT2D eigenvalue weighted by molar-refractivity contribution is 0.0592. The molecule has 3 heterocycles. The van der Waals surface area contributed by atoms with Crippen LogP contribution >= 0.6 is 0 Å². The molecule has 30 heavy (non-hydrogen) atoms. The quantitative estimate of drug-likeness (QED) is 0.599. The number of pyridine rings is 1. The number of hydrogen-bond donors (Lipinski definition) is 0. The van der Waals surface area contributed by atoms with Crippen molar-refractivity contribution in [1.82, 2.24) is 14.8 Å². The van der Waals surface area contributed by atoms with Crippen LogP contribution in [0, 0.1) is 0 Å². The van der Waals surface area contributed by atoms with Crippen molar-refractivity contribution in [3.05, 3.63) is 78.0 Å². The first-order valence-corrected chi connectivity index (χ1v) is 9.98. The van der Waals surface area contributed by atoms with Crippen LogP contribution in [0.1, 0.15) is 22.0 Å². The topological polar surface area (TPSA) is 68.0 Å². The summed E-state index contributed by atoms with van der Waals surface area (Å²) >= 11 is 0. The van der Waals surface area contributed by atoms with Crippen LogP contribution in [0.5, 0.6) is 11.5 Å². The Hall–Kier alpha value is -3.32. The van der Waals surface area contributed by atoms with Gasteiger partial charge in [-0.05, 0) is 48.5 Å². The number of piperazine rings is 1. The van der Waals surface area contributed by atoms with Crippen molar-refractivity contribution >= 4 is 5.91 Å². The number of rotatable bonds is 7. The van der Waals surface area contributed by atoms with Crippen molar-refractivity contribution in [2.45, 2.75) is 13.2 Å². The zero-order valence-electron chi connectivity index (χ0n) is 17.0. The minimum Gasteiger partial charge on any atom is -0.497 e. The summed E-state index contributed by atoms with van der Waals surface area (Å²) < 4.78 is 16.6. The molecule has 1 aromatic carbocycles. The molecule has 1 amide bonds. The van der Waals surface area contributed by atoms with Gasteiger partial charge in [0, 0.05) is 38.9 Å². The van der Waals surface area contributed by atoms with Crippen molar-refractivity contribution < 1.29 is 18.7 Å². The standard InChI is InChI=1S/C23H25N3O4/c1-28-19-5-7-20(8-6-19)29-17-21-9-10-22(30-21)23(27)26-14-12-25(13-15-26)16-18-4-2-3-11-24-18/h2-11H,12-17H2,1H3. The minimum absolute atomic E-state index is 0.0804. The maximum absolute atomic E-state index is 12.8. The zero-order chi connectivity index (χ0) is 20.8. The Morgan fingerprint density at radius 2 is 1.77 bits per heavy atom. The van der Waals surface area contributed by atoms with E-state index < -0.39 is 0 Å². The van der Waals surface area contributed by atoms with E-state index in [0.717, 1.165) is 31.1 Å². The molecule has 0 bridgehead atoms. The molecule has 1 aliphatic heterocycles. The van der Waals surface area contributed by atoms with E-state index in [0.29, 0.717) is 30.4 Å².